The summed E-state index contributed by atoms with van der Waals surface area (Å²) in [6.45, 7) is 4.31. The molecule has 1 saturated heterocycles. The lowest BCUT2D eigenvalue weighted by molar-refractivity contribution is -0.126. The Morgan fingerprint density at radius 2 is 2.25 bits per heavy atom. The summed E-state index contributed by atoms with van der Waals surface area (Å²) >= 11 is 0. The quantitative estimate of drug-likeness (QED) is 0.754. The summed E-state index contributed by atoms with van der Waals surface area (Å²) in [6.07, 6.45) is 5.89. The van der Waals surface area contributed by atoms with Gasteiger partial charge >= 0.3 is 0 Å². The summed E-state index contributed by atoms with van der Waals surface area (Å²) in [5.74, 6) is 0.462. The molecule has 2 aromatic rings. The smallest absolute Gasteiger partial charge is 0.246 e. The summed E-state index contributed by atoms with van der Waals surface area (Å²) in [4.78, 5) is 12.9. The Labute approximate surface area is 165 Å². The van der Waals surface area contributed by atoms with E-state index in [-0.39, 0.29) is 29.3 Å². The maximum Gasteiger partial charge on any atom is 0.246 e. The molecule has 3 rings (SSSR count). The first-order chi connectivity index (χ1) is 13.3. The molecule has 9 heteroatoms. The van der Waals surface area contributed by atoms with Crippen molar-refractivity contribution in [2.45, 2.75) is 50.5 Å². The van der Waals surface area contributed by atoms with Gasteiger partial charge in [-0.3, -0.25) is 9.48 Å². The van der Waals surface area contributed by atoms with Gasteiger partial charge in [0.05, 0.1) is 24.1 Å². The zero-order chi connectivity index (χ0) is 20.3. The summed E-state index contributed by atoms with van der Waals surface area (Å²) in [7, 11) is -1.94. The Morgan fingerprint density at radius 3 is 2.89 bits per heavy atom. The molecule has 0 saturated carbocycles. The fraction of sp³-hybridized carbons (Fsp3) is 0.579. The van der Waals surface area contributed by atoms with Crippen LogP contribution >= 0.6 is 0 Å². The van der Waals surface area contributed by atoms with Gasteiger partial charge in [-0.15, -0.1) is 0 Å². The highest BCUT2D eigenvalue weighted by atomic mass is 32.2. The standard InChI is InChI=1S/C19H28N4O4S/c1-14(8-9-17-7-5-11-27-17)21-19(24)16-6-4-10-23(13-16)28(25,26)18-12-20-22(3)15(18)2/h5,7,11-12,14,16H,4,6,8-10,13H2,1-3H3,(H,21,24). The van der Waals surface area contributed by atoms with Crippen LogP contribution in [-0.4, -0.2) is 47.5 Å². The van der Waals surface area contributed by atoms with E-state index in [0.29, 0.717) is 25.1 Å². The van der Waals surface area contributed by atoms with Crippen LogP contribution in [0.5, 0.6) is 0 Å². The van der Waals surface area contributed by atoms with Gasteiger partial charge in [-0.1, -0.05) is 0 Å². The van der Waals surface area contributed by atoms with Crippen LogP contribution < -0.4 is 5.32 Å². The minimum atomic E-state index is -3.65. The molecule has 28 heavy (non-hydrogen) atoms. The summed E-state index contributed by atoms with van der Waals surface area (Å²) < 4.78 is 34.2. The number of furan rings is 1. The molecule has 1 fully saturated rings. The maximum absolute atomic E-state index is 13.0. The van der Waals surface area contributed by atoms with Crippen molar-refractivity contribution in [2.75, 3.05) is 13.1 Å². The maximum atomic E-state index is 13.0. The number of piperidine rings is 1. The molecule has 8 nitrogen and oxygen atoms in total. The zero-order valence-electron chi connectivity index (χ0n) is 16.6. The molecule has 1 aliphatic heterocycles. The number of nitrogens with one attached hydrogen (secondary N) is 1. The molecule has 1 amide bonds. The Kier molecular flexibility index (Phi) is 6.24. The monoisotopic (exact) mass is 408 g/mol. The number of hydrogen-bond acceptors (Lipinski definition) is 5. The molecule has 0 aliphatic carbocycles. The Balaban J connectivity index is 1.59. The van der Waals surface area contributed by atoms with E-state index >= 15 is 0 Å². The molecule has 1 N–H and O–H groups in total. The Morgan fingerprint density at radius 1 is 1.46 bits per heavy atom. The summed E-state index contributed by atoms with van der Waals surface area (Å²) in [5, 5.41) is 7.06. The van der Waals surface area contributed by atoms with Gasteiger partial charge in [-0.25, -0.2) is 8.42 Å². The van der Waals surface area contributed by atoms with Crippen molar-refractivity contribution in [2.24, 2.45) is 13.0 Å². The van der Waals surface area contributed by atoms with E-state index in [9.17, 15) is 13.2 Å². The number of aromatic nitrogens is 2. The third-order valence-electron chi connectivity index (χ3n) is 5.36. The van der Waals surface area contributed by atoms with E-state index in [1.54, 1.807) is 24.9 Å². The second kappa shape index (κ2) is 8.48. The summed E-state index contributed by atoms with van der Waals surface area (Å²) in [5.41, 5.74) is 0.595. The predicted octanol–water partition coefficient (Wildman–Crippen LogP) is 1.86. The average Bonchev–Trinajstić information content (AvgIpc) is 3.31. The SMILES string of the molecule is Cc1c(S(=O)(=O)N2CCCC(C(=O)NC(C)CCc3ccco3)C2)cnn1C. The molecule has 0 aromatic carbocycles. The molecule has 2 atom stereocenters. The number of amides is 1. The molecule has 2 aromatic heterocycles. The first-order valence-corrected chi connectivity index (χ1v) is 11.0. The van der Waals surface area contributed by atoms with E-state index in [1.807, 2.05) is 19.1 Å². The third-order valence-corrected chi connectivity index (χ3v) is 7.32. The van der Waals surface area contributed by atoms with Crippen molar-refractivity contribution in [1.82, 2.24) is 19.4 Å². The van der Waals surface area contributed by atoms with Crippen molar-refractivity contribution in [3.8, 4) is 0 Å². The zero-order valence-corrected chi connectivity index (χ0v) is 17.4. The second-order valence-corrected chi connectivity index (χ2v) is 9.35. The predicted molar refractivity (Wildman–Crippen MR) is 104 cm³/mol. The van der Waals surface area contributed by atoms with Crippen molar-refractivity contribution < 1.29 is 17.6 Å². The highest BCUT2D eigenvalue weighted by Crippen LogP contribution is 2.25. The van der Waals surface area contributed by atoms with Crippen LogP contribution in [0.4, 0.5) is 0 Å². The van der Waals surface area contributed by atoms with Crippen molar-refractivity contribution in [3.05, 3.63) is 36.0 Å². The van der Waals surface area contributed by atoms with Crippen molar-refractivity contribution >= 4 is 15.9 Å². The first-order valence-electron chi connectivity index (χ1n) is 9.60. The van der Waals surface area contributed by atoms with Crippen LogP contribution in [0, 0.1) is 12.8 Å². The molecule has 0 bridgehead atoms. The largest absolute Gasteiger partial charge is 0.469 e. The second-order valence-electron chi connectivity index (χ2n) is 7.45. The number of carbonyl (C=O) groups excluding carboxylic acids is 1. The summed E-state index contributed by atoms with van der Waals surface area (Å²) in [6, 6.07) is 3.75. The Hall–Kier alpha value is -2.13. The van der Waals surface area contributed by atoms with Crippen LogP contribution in [0.15, 0.2) is 33.9 Å². The van der Waals surface area contributed by atoms with Crippen LogP contribution in [0.3, 0.4) is 0 Å². The fourth-order valence-corrected chi connectivity index (χ4v) is 5.20. The topological polar surface area (TPSA) is 97.4 Å². The Bertz CT molecular complexity index is 905. The van der Waals surface area contributed by atoms with E-state index in [1.165, 1.54) is 10.5 Å². The lowest BCUT2D eigenvalue weighted by Gasteiger charge is -2.31. The third kappa shape index (κ3) is 4.47. The van der Waals surface area contributed by atoms with Gasteiger partial charge in [-0.05, 0) is 45.2 Å². The van der Waals surface area contributed by atoms with Gasteiger partial charge < -0.3 is 9.73 Å². The van der Waals surface area contributed by atoms with Gasteiger partial charge in [0, 0.05) is 32.6 Å². The minimum absolute atomic E-state index is 0.00912. The number of rotatable bonds is 7. The minimum Gasteiger partial charge on any atom is -0.469 e. The number of hydrogen-bond donors (Lipinski definition) is 1. The number of carbonyl (C=O) groups is 1. The van der Waals surface area contributed by atoms with Gasteiger partial charge in [0.25, 0.3) is 0 Å². The lowest BCUT2D eigenvalue weighted by atomic mass is 9.98. The molecule has 0 radical (unpaired) electrons. The molecule has 154 valence electrons. The van der Waals surface area contributed by atoms with E-state index < -0.39 is 10.0 Å². The van der Waals surface area contributed by atoms with E-state index in [2.05, 4.69) is 10.4 Å². The lowest BCUT2D eigenvalue weighted by Crippen LogP contribution is -2.47. The number of nitrogens with zero attached hydrogens (tertiary/aromatic N) is 3. The molecular weight excluding hydrogens is 380 g/mol. The molecule has 0 spiro atoms. The highest BCUT2D eigenvalue weighted by molar-refractivity contribution is 7.89. The first kappa shape index (κ1) is 20.6. The van der Waals surface area contributed by atoms with Crippen LogP contribution in [0.2, 0.25) is 0 Å². The fourth-order valence-electron chi connectivity index (χ4n) is 3.49. The van der Waals surface area contributed by atoms with E-state index in [0.717, 1.165) is 18.6 Å². The van der Waals surface area contributed by atoms with Crippen molar-refractivity contribution in [1.29, 1.82) is 0 Å². The van der Waals surface area contributed by atoms with Crippen LogP contribution in [0.1, 0.15) is 37.6 Å². The number of sulfonamides is 1. The number of aryl methyl sites for hydroxylation is 2. The van der Waals surface area contributed by atoms with Crippen molar-refractivity contribution in [3.63, 3.8) is 0 Å². The van der Waals surface area contributed by atoms with Gasteiger partial charge in [-0.2, -0.15) is 9.40 Å². The normalized spacial score (nSPS) is 19.5. The average molecular weight is 409 g/mol. The van der Waals surface area contributed by atoms with Gasteiger partial charge in [0.2, 0.25) is 15.9 Å². The van der Waals surface area contributed by atoms with Crippen LogP contribution in [0.25, 0.3) is 0 Å². The molecule has 3 heterocycles. The van der Waals surface area contributed by atoms with E-state index in [4.69, 9.17) is 4.42 Å². The van der Waals surface area contributed by atoms with Crippen LogP contribution in [-0.2, 0) is 28.3 Å². The molecule has 1 aliphatic rings. The molecular formula is C19H28N4O4S. The van der Waals surface area contributed by atoms with Gasteiger partial charge in [0.15, 0.2) is 0 Å². The highest BCUT2D eigenvalue weighted by Gasteiger charge is 2.35. The van der Waals surface area contributed by atoms with Gasteiger partial charge in [0.1, 0.15) is 10.7 Å². The molecule has 2 unspecified atom stereocenters.